The quantitative estimate of drug-likeness (QED) is 0.727. The van der Waals surface area contributed by atoms with Gasteiger partial charge in [-0.05, 0) is 51.5 Å². The number of fused-ring (bicyclic) bond motifs is 1. The monoisotopic (exact) mass is 280 g/mol. The number of rotatable bonds is 7. The highest BCUT2D eigenvalue weighted by Crippen LogP contribution is 2.42. The molecule has 0 bridgehead atoms. The normalized spacial score (nSPS) is 30.9. The molecule has 1 heterocycles. The molecule has 1 aliphatic carbocycles. The molecule has 0 spiro atoms. The predicted octanol–water partition coefficient (Wildman–Crippen LogP) is 2.19. The number of likely N-dealkylation sites (tertiary alicyclic amines) is 1. The molecule has 1 aliphatic heterocycles. The molecule has 114 valence electrons. The summed E-state index contributed by atoms with van der Waals surface area (Å²) in [5, 5.41) is 3.44. The van der Waals surface area contributed by atoms with Crippen molar-refractivity contribution < 1.29 is 9.59 Å². The zero-order chi connectivity index (χ0) is 14.7. The van der Waals surface area contributed by atoms with Crippen LogP contribution in [0.2, 0.25) is 0 Å². The van der Waals surface area contributed by atoms with E-state index in [1.54, 1.807) is 0 Å². The van der Waals surface area contributed by atoms with Crippen LogP contribution in [-0.2, 0) is 9.59 Å². The number of carbonyl (C=O) groups is 2. The first kappa shape index (κ1) is 15.5. The minimum atomic E-state index is -0.00635. The Morgan fingerprint density at radius 2 is 1.85 bits per heavy atom. The van der Waals surface area contributed by atoms with Crippen molar-refractivity contribution in [3.8, 4) is 0 Å². The first-order valence-corrected chi connectivity index (χ1v) is 8.13. The Hall–Kier alpha value is -0.900. The van der Waals surface area contributed by atoms with Gasteiger partial charge in [-0.3, -0.25) is 14.5 Å². The average Bonchev–Trinajstić information content (AvgIpc) is 2.89. The Morgan fingerprint density at radius 3 is 2.40 bits per heavy atom. The molecule has 1 saturated carbocycles. The number of imide groups is 1. The van der Waals surface area contributed by atoms with E-state index in [1.165, 1.54) is 4.90 Å². The van der Waals surface area contributed by atoms with Crippen LogP contribution < -0.4 is 5.32 Å². The van der Waals surface area contributed by atoms with Gasteiger partial charge in [0.15, 0.2) is 0 Å². The molecule has 0 aromatic heterocycles. The maximum atomic E-state index is 12.3. The van der Waals surface area contributed by atoms with Crippen molar-refractivity contribution in [3.05, 3.63) is 0 Å². The van der Waals surface area contributed by atoms with Crippen LogP contribution in [0.5, 0.6) is 0 Å². The second kappa shape index (κ2) is 6.70. The summed E-state index contributed by atoms with van der Waals surface area (Å²) >= 11 is 0. The number of nitrogens with one attached hydrogen (secondary N) is 1. The second-order valence-corrected chi connectivity index (χ2v) is 6.62. The van der Waals surface area contributed by atoms with Crippen LogP contribution in [0.1, 0.15) is 52.9 Å². The highest BCUT2D eigenvalue weighted by atomic mass is 16.2. The van der Waals surface area contributed by atoms with Crippen LogP contribution in [0.15, 0.2) is 0 Å². The Labute approximate surface area is 122 Å². The molecular weight excluding hydrogens is 252 g/mol. The molecule has 2 aliphatic rings. The van der Waals surface area contributed by atoms with Gasteiger partial charge in [-0.2, -0.15) is 0 Å². The van der Waals surface area contributed by atoms with E-state index in [0.717, 1.165) is 38.6 Å². The summed E-state index contributed by atoms with van der Waals surface area (Å²) in [6.45, 7) is 8.10. The van der Waals surface area contributed by atoms with Crippen LogP contribution in [-0.4, -0.2) is 35.8 Å². The lowest BCUT2D eigenvalue weighted by atomic mass is 10.00. The van der Waals surface area contributed by atoms with Gasteiger partial charge in [0, 0.05) is 12.6 Å². The number of amides is 2. The summed E-state index contributed by atoms with van der Waals surface area (Å²) in [7, 11) is 0. The topological polar surface area (TPSA) is 49.4 Å². The summed E-state index contributed by atoms with van der Waals surface area (Å²) in [5.74, 6) is 0.705. The SMILES string of the molecule is CCCNC(C)CCCN1C(=O)C2CC(C)CC2C1=O. The molecule has 4 heteroatoms. The standard InChI is InChI=1S/C16H28N2O2/c1-4-7-17-12(3)6-5-8-18-15(19)13-9-11(2)10-14(13)16(18)20/h11-14,17H,4-10H2,1-3H3. The van der Waals surface area contributed by atoms with Crippen molar-refractivity contribution in [2.75, 3.05) is 13.1 Å². The van der Waals surface area contributed by atoms with E-state index in [0.29, 0.717) is 18.5 Å². The molecule has 0 aromatic rings. The summed E-state index contributed by atoms with van der Waals surface area (Å²) < 4.78 is 0. The van der Waals surface area contributed by atoms with Gasteiger partial charge in [0.2, 0.25) is 11.8 Å². The third kappa shape index (κ3) is 3.22. The molecule has 0 radical (unpaired) electrons. The van der Waals surface area contributed by atoms with E-state index < -0.39 is 0 Å². The fraction of sp³-hybridized carbons (Fsp3) is 0.875. The van der Waals surface area contributed by atoms with E-state index in [2.05, 4.69) is 26.1 Å². The van der Waals surface area contributed by atoms with Crippen molar-refractivity contribution in [3.63, 3.8) is 0 Å². The zero-order valence-electron chi connectivity index (χ0n) is 13.0. The number of hydrogen-bond donors (Lipinski definition) is 1. The Bertz CT molecular complexity index is 345. The summed E-state index contributed by atoms with van der Waals surface area (Å²) in [5.41, 5.74) is 0. The van der Waals surface area contributed by atoms with Crippen LogP contribution in [0.25, 0.3) is 0 Å². The van der Waals surface area contributed by atoms with Crippen molar-refractivity contribution in [2.24, 2.45) is 17.8 Å². The molecular formula is C16H28N2O2. The summed E-state index contributed by atoms with van der Waals surface area (Å²) in [6.07, 6.45) is 4.86. The largest absolute Gasteiger partial charge is 0.314 e. The molecule has 1 N–H and O–H groups in total. The van der Waals surface area contributed by atoms with E-state index in [4.69, 9.17) is 0 Å². The third-order valence-corrected chi connectivity index (χ3v) is 4.73. The molecule has 4 nitrogen and oxygen atoms in total. The molecule has 1 saturated heterocycles. The van der Waals surface area contributed by atoms with E-state index >= 15 is 0 Å². The molecule has 3 atom stereocenters. The Morgan fingerprint density at radius 1 is 1.25 bits per heavy atom. The fourth-order valence-corrected chi connectivity index (χ4v) is 3.62. The first-order chi connectivity index (χ1) is 9.54. The average molecular weight is 280 g/mol. The Kier molecular flexibility index (Phi) is 5.19. The molecule has 3 unspecified atom stereocenters. The Balaban J connectivity index is 1.77. The highest BCUT2D eigenvalue weighted by molar-refractivity contribution is 6.05. The van der Waals surface area contributed by atoms with Crippen LogP contribution >= 0.6 is 0 Å². The van der Waals surface area contributed by atoms with Gasteiger partial charge >= 0.3 is 0 Å². The lowest BCUT2D eigenvalue weighted by molar-refractivity contribution is -0.140. The van der Waals surface area contributed by atoms with E-state index in [-0.39, 0.29) is 23.7 Å². The summed E-state index contributed by atoms with van der Waals surface area (Å²) in [6, 6.07) is 0.460. The number of hydrogen-bond acceptors (Lipinski definition) is 3. The zero-order valence-corrected chi connectivity index (χ0v) is 13.0. The smallest absolute Gasteiger partial charge is 0.233 e. The van der Waals surface area contributed by atoms with Gasteiger partial charge in [-0.25, -0.2) is 0 Å². The maximum Gasteiger partial charge on any atom is 0.233 e. The van der Waals surface area contributed by atoms with Crippen molar-refractivity contribution >= 4 is 11.8 Å². The van der Waals surface area contributed by atoms with Gasteiger partial charge in [0.25, 0.3) is 0 Å². The van der Waals surface area contributed by atoms with Gasteiger partial charge in [-0.1, -0.05) is 13.8 Å². The molecule has 2 amide bonds. The number of carbonyl (C=O) groups excluding carboxylic acids is 2. The molecule has 0 aromatic carbocycles. The number of nitrogens with zero attached hydrogens (tertiary/aromatic N) is 1. The van der Waals surface area contributed by atoms with E-state index in [9.17, 15) is 9.59 Å². The van der Waals surface area contributed by atoms with Crippen molar-refractivity contribution in [1.29, 1.82) is 0 Å². The van der Waals surface area contributed by atoms with Gasteiger partial charge in [0.05, 0.1) is 11.8 Å². The lowest BCUT2D eigenvalue weighted by Crippen LogP contribution is -2.34. The minimum Gasteiger partial charge on any atom is -0.314 e. The van der Waals surface area contributed by atoms with Gasteiger partial charge in [-0.15, -0.1) is 0 Å². The predicted molar refractivity (Wildman–Crippen MR) is 79.1 cm³/mol. The third-order valence-electron chi connectivity index (χ3n) is 4.73. The van der Waals surface area contributed by atoms with Gasteiger partial charge in [0.1, 0.15) is 0 Å². The summed E-state index contributed by atoms with van der Waals surface area (Å²) in [4.78, 5) is 26.1. The van der Waals surface area contributed by atoms with Crippen LogP contribution in [0, 0.1) is 17.8 Å². The van der Waals surface area contributed by atoms with Crippen molar-refractivity contribution in [1.82, 2.24) is 10.2 Å². The van der Waals surface area contributed by atoms with Crippen LogP contribution in [0.3, 0.4) is 0 Å². The fourth-order valence-electron chi connectivity index (χ4n) is 3.62. The minimum absolute atomic E-state index is 0.00635. The van der Waals surface area contributed by atoms with Crippen LogP contribution in [0.4, 0.5) is 0 Å². The second-order valence-electron chi connectivity index (χ2n) is 6.62. The van der Waals surface area contributed by atoms with Gasteiger partial charge < -0.3 is 5.32 Å². The first-order valence-electron chi connectivity index (χ1n) is 8.13. The van der Waals surface area contributed by atoms with E-state index in [1.807, 2.05) is 0 Å². The molecule has 2 fully saturated rings. The van der Waals surface area contributed by atoms with Crippen molar-refractivity contribution in [2.45, 2.75) is 58.9 Å². The molecule has 2 rings (SSSR count). The highest BCUT2D eigenvalue weighted by Gasteiger charge is 2.51. The molecule has 20 heavy (non-hydrogen) atoms. The maximum absolute atomic E-state index is 12.3. The lowest BCUT2D eigenvalue weighted by Gasteiger charge is -2.18.